The summed E-state index contributed by atoms with van der Waals surface area (Å²) in [7, 11) is 0. The Kier molecular flexibility index (Phi) is 4.17. The van der Waals surface area contributed by atoms with Crippen molar-refractivity contribution in [2.45, 2.75) is 12.5 Å². The molecule has 1 unspecified atom stereocenters. The molecule has 4 heterocycles. The van der Waals surface area contributed by atoms with Crippen LogP contribution in [0.15, 0.2) is 49.2 Å². The predicted molar refractivity (Wildman–Crippen MR) is 104 cm³/mol. The van der Waals surface area contributed by atoms with E-state index in [2.05, 4.69) is 25.4 Å². The number of halogens is 1. The summed E-state index contributed by atoms with van der Waals surface area (Å²) in [6.45, 7) is 0.351. The molecule has 0 amide bonds. The fourth-order valence-electron chi connectivity index (χ4n) is 3.40. The summed E-state index contributed by atoms with van der Waals surface area (Å²) in [4.78, 5) is 12.9. The minimum Gasteiger partial charge on any atom is -0.761 e. The molecule has 0 fully saturated rings. The molecule has 5 rings (SSSR count). The van der Waals surface area contributed by atoms with Crippen molar-refractivity contribution in [3.05, 3.63) is 65.8 Å². The molecule has 9 nitrogen and oxygen atoms in total. The lowest BCUT2D eigenvalue weighted by molar-refractivity contribution is 0.260. The third-order valence-corrected chi connectivity index (χ3v) is 4.80. The van der Waals surface area contributed by atoms with Gasteiger partial charge in [-0.15, -0.1) is 0 Å². The van der Waals surface area contributed by atoms with E-state index in [0.29, 0.717) is 35.8 Å². The molecule has 3 aromatic heterocycles. The molecule has 1 aliphatic rings. The Hall–Kier alpha value is -3.79. The van der Waals surface area contributed by atoms with Gasteiger partial charge in [0.25, 0.3) is 0 Å². The molecular weight excluding hydrogens is 377 g/mol. The van der Waals surface area contributed by atoms with Gasteiger partial charge in [0.2, 0.25) is 0 Å². The van der Waals surface area contributed by atoms with Crippen LogP contribution in [0.5, 0.6) is 5.75 Å². The average molecular weight is 392 g/mol. The lowest BCUT2D eigenvalue weighted by Crippen LogP contribution is -2.22. The smallest absolute Gasteiger partial charge is 0.165 e. The Labute approximate surface area is 164 Å². The van der Waals surface area contributed by atoms with Gasteiger partial charge in [-0.1, -0.05) is 12.1 Å². The van der Waals surface area contributed by atoms with Gasteiger partial charge >= 0.3 is 0 Å². The zero-order valence-electron chi connectivity index (χ0n) is 15.0. The van der Waals surface area contributed by atoms with Crippen LogP contribution < -0.4 is 15.5 Å². The first-order valence-electron chi connectivity index (χ1n) is 8.95. The molecule has 146 valence electrons. The maximum absolute atomic E-state index is 14.1. The number of ether oxygens (including phenoxy) is 1. The molecule has 0 bridgehead atoms. The van der Waals surface area contributed by atoms with Crippen molar-refractivity contribution < 1.29 is 9.13 Å². The molecule has 1 aromatic carbocycles. The zero-order chi connectivity index (χ0) is 19.8. The maximum Gasteiger partial charge on any atom is 0.165 e. The molecule has 0 spiro atoms. The van der Waals surface area contributed by atoms with Crippen molar-refractivity contribution in [1.29, 1.82) is 0 Å². The molecule has 0 saturated heterocycles. The quantitative estimate of drug-likeness (QED) is 0.509. The second-order valence-corrected chi connectivity index (χ2v) is 6.51. The molecule has 10 heteroatoms. The van der Waals surface area contributed by atoms with Crippen molar-refractivity contribution in [2.75, 3.05) is 17.4 Å². The van der Waals surface area contributed by atoms with Gasteiger partial charge in [0.1, 0.15) is 0 Å². The van der Waals surface area contributed by atoms with Gasteiger partial charge in [-0.05, 0) is 6.07 Å². The van der Waals surface area contributed by atoms with Crippen LogP contribution in [-0.2, 0) is 0 Å². The largest absolute Gasteiger partial charge is 0.761 e. The van der Waals surface area contributed by atoms with Gasteiger partial charge in [0.05, 0.1) is 48.0 Å². The van der Waals surface area contributed by atoms with E-state index in [1.807, 2.05) is 5.48 Å². The predicted octanol–water partition coefficient (Wildman–Crippen LogP) is 3.17. The highest BCUT2D eigenvalue weighted by Crippen LogP contribution is 2.37. The first-order chi connectivity index (χ1) is 14.2. The van der Waals surface area contributed by atoms with Crippen LogP contribution in [0, 0.1) is 11.0 Å². The number of aromatic nitrogens is 5. The summed E-state index contributed by atoms with van der Waals surface area (Å²) in [6, 6.07) is 4.50. The Morgan fingerprint density at radius 1 is 1.24 bits per heavy atom. The molecular formula is C19H15FN7O2-. The lowest BCUT2D eigenvalue weighted by Gasteiger charge is -2.28. The van der Waals surface area contributed by atoms with E-state index in [-0.39, 0.29) is 17.5 Å². The summed E-state index contributed by atoms with van der Waals surface area (Å²) in [6.07, 6.45) is 8.65. The summed E-state index contributed by atoms with van der Waals surface area (Å²) in [5, 5.41) is 18.9. The van der Waals surface area contributed by atoms with Gasteiger partial charge in [0, 0.05) is 24.4 Å². The maximum atomic E-state index is 14.1. The molecule has 1 atom stereocenters. The summed E-state index contributed by atoms with van der Waals surface area (Å²) in [5.74, 6) is 0.505. The highest BCUT2D eigenvalue weighted by molar-refractivity contribution is 5.77. The number of fused-ring (bicyclic) bond motifs is 2. The van der Waals surface area contributed by atoms with E-state index in [0.717, 1.165) is 5.52 Å². The van der Waals surface area contributed by atoms with E-state index < -0.39 is 5.82 Å². The van der Waals surface area contributed by atoms with E-state index in [1.54, 1.807) is 41.4 Å². The van der Waals surface area contributed by atoms with E-state index in [4.69, 9.17) is 4.74 Å². The number of rotatable bonds is 4. The van der Waals surface area contributed by atoms with Crippen molar-refractivity contribution in [3.63, 3.8) is 0 Å². The zero-order valence-corrected chi connectivity index (χ0v) is 15.0. The van der Waals surface area contributed by atoms with E-state index in [9.17, 15) is 9.60 Å². The fraction of sp³-hybridized carbons (Fsp3) is 0.158. The van der Waals surface area contributed by atoms with Crippen molar-refractivity contribution >= 4 is 17.0 Å². The topological polar surface area (TPSA) is 112 Å². The standard InChI is InChI=1S/C19H15FN7O2/c20-13-3-1-2-11-14(4-7-29-17(11)13)24-19-15(26-28)9-22-18(25-19)12-8-23-27-6-5-21-10-16(12)27/h1-3,5-6,8-10,14,26H,4,7H2,(H,22,24,25)/q-1. The first-order valence-corrected chi connectivity index (χ1v) is 8.95. The third kappa shape index (κ3) is 2.99. The molecule has 0 radical (unpaired) electrons. The van der Waals surface area contributed by atoms with Crippen LogP contribution in [0.25, 0.3) is 16.9 Å². The summed E-state index contributed by atoms with van der Waals surface area (Å²) >= 11 is 0. The normalized spacial score (nSPS) is 15.6. The molecule has 0 saturated carbocycles. The number of hydrogen-bond donors (Lipinski definition) is 2. The van der Waals surface area contributed by atoms with Crippen LogP contribution in [0.3, 0.4) is 0 Å². The van der Waals surface area contributed by atoms with Crippen molar-refractivity contribution in [1.82, 2.24) is 24.6 Å². The number of para-hydroxylation sites is 1. The minimum atomic E-state index is -0.418. The number of nitrogens with zero attached hydrogens (tertiary/aromatic N) is 5. The number of benzene rings is 1. The number of hydrogen-bond acceptors (Lipinski definition) is 8. The Morgan fingerprint density at radius 2 is 2.17 bits per heavy atom. The molecule has 1 aliphatic heterocycles. The second-order valence-electron chi connectivity index (χ2n) is 6.51. The van der Waals surface area contributed by atoms with Crippen LogP contribution >= 0.6 is 0 Å². The SMILES string of the molecule is [O-]Nc1cnc(-c2cnn3ccncc23)nc1NC1CCOc2c(F)cccc21. The van der Waals surface area contributed by atoms with Gasteiger partial charge in [0.15, 0.2) is 23.2 Å². The van der Waals surface area contributed by atoms with Crippen molar-refractivity contribution in [3.8, 4) is 17.1 Å². The molecule has 2 N–H and O–H groups in total. The van der Waals surface area contributed by atoms with Gasteiger partial charge in [-0.3, -0.25) is 4.98 Å². The Bertz CT molecular complexity index is 1200. The summed E-state index contributed by atoms with van der Waals surface area (Å²) < 4.78 is 21.2. The van der Waals surface area contributed by atoms with Crippen LogP contribution in [0.2, 0.25) is 0 Å². The third-order valence-electron chi connectivity index (χ3n) is 4.80. The van der Waals surface area contributed by atoms with Gasteiger partial charge in [-0.2, -0.15) is 5.10 Å². The van der Waals surface area contributed by atoms with Crippen LogP contribution in [0.4, 0.5) is 15.9 Å². The summed E-state index contributed by atoms with van der Waals surface area (Å²) in [5.41, 5.74) is 4.13. The number of anilines is 2. The second kappa shape index (κ2) is 6.99. The van der Waals surface area contributed by atoms with Gasteiger partial charge < -0.3 is 20.7 Å². The minimum absolute atomic E-state index is 0.188. The molecule has 4 aromatic rings. The van der Waals surface area contributed by atoms with Crippen LogP contribution in [-0.4, -0.2) is 31.2 Å². The lowest BCUT2D eigenvalue weighted by atomic mass is 10.0. The molecule has 29 heavy (non-hydrogen) atoms. The van der Waals surface area contributed by atoms with Crippen LogP contribution in [0.1, 0.15) is 18.0 Å². The first kappa shape index (κ1) is 17.3. The van der Waals surface area contributed by atoms with Crippen molar-refractivity contribution in [2.24, 2.45) is 0 Å². The number of nitrogens with one attached hydrogen (secondary N) is 2. The average Bonchev–Trinajstić information content (AvgIpc) is 3.19. The Morgan fingerprint density at radius 3 is 3.07 bits per heavy atom. The van der Waals surface area contributed by atoms with Gasteiger partial charge in [-0.25, -0.2) is 18.9 Å². The monoisotopic (exact) mass is 392 g/mol. The highest BCUT2D eigenvalue weighted by atomic mass is 19.1. The molecule has 0 aliphatic carbocycles. The fourth-order valence-corrected chi connectivity index (χ4v) is 3.40. The Balaban J connectivity index is 1.54. The highest BCUT2D eigenvalue weighted by Gasteiger charge is 2.25. The van der Waals surface area contributed by atoms with E-state index >= 15 is 0 Å². The van der Waals surface area contributed by atoms with E-state index in [1.165, 1.54) is 12.3 Å².